The Bertz CT molecular complexity index is 1070. The highest BCUT2D eigenvalue weighted by Gasteiger charge is 2.30. The number of anilines is 1. The molecular formula is C23H22N2O3. The van der Waals surface area contributed by atoms with Crippen molar-refractivity contribution in [2.24, 2.45) is 0 Å². The summed E-state index contributed by atoms with van der Waals surface area (Å²) in [5.74, 6) is 0.479. The lowest BCUT2D eigenvalue weighted by molar-refractivity contribution is -0.119. The molecule has 0 saturated heterocycles. The van der Waals surface area contributed by atoms with E-state index in [2.05, 4.69) is 11.4 Å². The summed E-state index contributed by atoms with van der Waals surface area (Å²) in [6.45, 7) is 4.79. The van der Waals surface area contributed by atoms with Gasteiger partial charge in [-0.15, -0.1) is 0 Å². The molecule has 0 atom stereocenters. The van der Waals surface area contributed by atoms with Gasteiger partial charge < -0.3 is 10.1 Å². The molecule has 3 aromatic carbocycles. The van der Waals surface area contributed by atoms with Gasteiger partial charge in [-0.2, -0.15) is 0 Å². The number of nitrogens with zero attached hydrogens (tertiary/aromatic N) is 1. The van der Waals surface area contributed by atoms with E-state index in [1.807, 2.05) is 62.4 Å². The van der Waals surface area contributed by atoms with Gasteiger partial charge in [0.15, 0.2) is 0 Å². The number of hydrogen-bond donors (Lipinski definition) is 1. The van der Waals surface area contributed by atoms with Crippen molar-refractivity contribution >= 4 is 28.3 Å². The summed E-state index contributed by atoms with van der Waals surface area (Å²) in [4.78, 5) is 26.6. The second-order valence-electron chi connectivity index (χ2n) is 7.04. The Morgan fingerprint density at radius 3 is 2.64 bits per heavy atom. The predicted molar refractivity (Wildman–Crippen MR) is 110 cm³/mol. The molecule has 0 unspecified atom stereocenters. The van der Waals surface area contributed by atoms with Crippen LogP contribution in [0.2, 0.25) is 0 Å². The molecule has 0 aromatic heterocycles. The standard InChI is InChI=1S/C23H22N2O3/c1-15-9-10-20(16(2)13-15)28-12-11-24-21(26)14-25-19-8-4-6-17-5-3-7-18(22(17)19)23(25)27/h3-10,13H,11-12,14H2,1-2H3,(H,24,26). The molecule has 0 aliphatic carbocycles. The first-order valence-electron chi connectivity index (χ1n) is 9.35. The molecule has 1 aliphatic rings. The fourth-order valence-electron chi connectivity index (χ4n) is 3.65. The number of nitrogens with one attached hydrogen (secondary N) is 1. The maximum absolute atomic E-state index is 12.7. The summed E-state index contributed by atoms with van der Waals surface area (Å²) in [7, 11) is 0. The summed E-state index contributed by atoms with van der Waals surface area (Å²) >= 11 is 0. The molecule has 1 heterocycles. The number of amides is 2. The maximum atomic E-state index is 12.7. The van der Waals surface area contributed by atoms with Crippen LogP contribution in [0.4, 0.5) is 5.69 Å². The van der Waals surface area contributed by atoms with Gasteiger partial charge >= 0.3 is 0 Å². The van der Waals surface area contributed by atoms with E-state index in [1.165, 1.54) is 10.5 Å². The molecule has 1 aliphatic heterocycles. The van der Waals surface area contributed by atoms with Crippen LogP contribution in [0.15, 0.2) is 54.6 Å². The molecule has 28 heavy (non-hydrogen) atoms. The van der Waals surface area contributed by atoms with E-state index in [0.717, 1.165) is 27.8 Å². The third-order valence-corrected chi connectivity index (χ3v) is 4.96. The first kappa shape index (κ1) is 18.0. The fraction of sp³-hybridized carbons (Fsp3) is 0.217. The summed E-state index contributed by atoms with van der Waals surface area (Å²) in [5.41, 5.74) is 3.70. The zero-order valence-electron chi connectivity index (χ0n) is 16.0. The zero-order valence-corrected chi connectivity index (χ0v) is 16.0. The topological polar surface area (TPSA) is 58.6 Å². The lowest BCUT2D eigenvalue weighted by Crippen LogP contribution is -2.40. The number of carbonyl (C=O) groups is 2. The summed E-state index contributed by atoms with van der Waals surface area (Å²) < 4.78 is 5.74. The van der Waals surface area contributed by atoms with Crippen molar-refractivity contribution in [1.82, 2.24) is 5.32 Å². The van der Waals surface area contributed by atoms with E-state index >= 15 is 0 Å². The first-order chi connectivity index (χ1) is 13.5. The quantitative estimate of drug-likeness (QED) is 0.671. The molecule has 0 bridgehead atoms. The molecule has 0 spiro atoms. The third-order valence-electron chi connectivity index (χ3n) is 4.96. The van der Waals surface area contributed by atoms with Crippen LogP contribution in [-0.4, -0.2) is 31.5 Å². The molecule has 0 fully saturated rings. The van der Waals surface area contributed by atoms with Gasteiger partial charge in [0.1, 0.15) is 18.9 Å². The van der Waals surface area contributed by atoms with Gasteiger partial charge in [0.25, 0.3) is 5.91 Å². The van der Waals surface area contributed by atoms with Crippen LogP contribution >= 0.6 is 0 Å². The van der Waals surface area contributed by atoms with Crippen LogP contribution in [0.1, 0.15) is 21.5 Å². The molecule has 0 saturated carbocycles. The Hall–Kier alpha value is -3.34. The molecule has 3 aromatic rings. The van der Waals surface area contributed by atoms with E-state index in [9.17, 15) is 9.59 Å². The summed E-state index contributed by atoms with van der Waals surface area (Å²) in [5, 5.41) is 4.76. The number of ether oxygens (including phenoxy) is 1. The normalized spacial score (nSPS) is 12.5. The summed E-state index contributed by atoms with van der Waals surface area (Å²) in [6.07, 6.45) is 0. The van der Waals surface area contributed by atoms with Gasteiger partial charge in [-0.1, -0.05) is 42.0 Å². The van der Waals surface area contributed by atoms with Gasteiger partial charge in [-0.05, 0) is 43.0 Å². The van der Waals surface area contributed by atoms with Crippen LogP contribution in [0.3, 0.4) is 0 Å². The largest absolute Gasteiger partial charge is 0.491 e. The van der Waals surface area contributed by atoms with Crippen LogP contribution in [-0.2, 0) is 4.79 Å². The lowest BCUT2D eigenvalue weighted by atomic mass is 10.1. The monoisotopic (exact) mass is 374 g/mol. The maximum Gasteiger partial charge on any atom is 0.259 e. The molecule has 5 nitrogen and oxygen atoms in total. The molecule has 142 valence electrons. The summed E-state index contributed by atoms with van der Waals surface area (Å²) in [6, 6.07) is 17.4. The average Bonchev–Trinajstić information content (AvgIpc) is 2.95. The zero-order chi connectivity index (χ0) is 19.7. The second kappa shape index (κ2) is 7.35. The number of carbonyl (C=O) groups excluding carboxylic acids is 2. The van der Waals surface area contributed by atoms with Gasteiger partial charge in [0, 0.05) is 10.9 Å². The predicted octanol–water partition coefficient (Wildman–Crippen LogP) is 3.61. The van der Waals surface area contributed by atoms with Crippen LogP contribution in [0, 0.1) is 13.8 Å². The van der Waals surface area contributed by atoms with E-state index < -0.39 is 0 Å². The Kier molecular flexibility index (Phi) is 4.74. The number of aryl methyl sites for hydroxylation is 2. The van der Waals surface area contributed by atoms with Crippen LogP contribution in [0.5, 0.6) is 5.75 Å². The minimum absolute atomic E-state index is 0.00378. The Morgan fingerprint density at radius 1 is 1.07 bits per heavy atom. The van der Waals surface area contributed by atoms with Gasteiger partial charge in [-0.25, -0.2) is 0 Å². The highest BCUT2D eigenvalue weighted by molar-refractivity contribution is 6.26. The van der Waals surface area contributed by atoms with Crippen molar-refractivity contribution in [2.45, 2.75) is 13.8 Å². The first-order valence-corrected chi connectivity index (χ1v) is 9.35. The van der Waals surface area contributed by atoms with Gasteiger partial charge in [0.05, 0.1) is 12.2 Å². The van der Waals surface area contributed by atoms with Crippen molar-refractivity contribution in [3.63, 3.8) is 0 Å². The highest BCUT2D eigenvalue weighted by Crippen LogP contribution is 2.36. The van der Waals surface area contributed by atoms with E-state index in [4.69, 9.17) is 4.74 Å². The smallest absolute Gasteiger partial charge is 0.259 e. The van der Waals surface area contributed by atoms with Crippen molar-refractivity contribution in [2.75, 3.05) is 24.6 Å². The van der Waals surface area contributed by atoms with Crippen LogP contribution in [0.25, 0.3) is 10.8 Å². The van der Waals surface area contributed by atoms with Crippen molar-refractivity contribution in [1.29, 1.82) is 0 Å². The Morgan fingerprint density at radius 2 is 1.86 bits per heavy atom. The third kappa shape index (κ3) is 3.31. The van der Waals surface area contributed by atoms with E-state index in [-0.39, 0.29) is 18.4 Å². The van der Waals surface area contributed by atoms with Crippen molar-refractivity contribution in [3.05, 3.63) is 71.3 Å². The van der Waals surface area contributed by atoms with E-state index in [0.29, 0.717) is 18.7 Å². The highest BCUT2D eigenvalue weighted by atomic mass is 16.5. The molecule has 0 radical (unpaired) electrons. The number of rotatable bonds is 6. The Labute approximate surface area is 163 Å². The molecular weight excluding hydrogens is 352 g/mol. The fourth-order valence-corrected chi connectivity index (χ4v) is 3.65. The molecule has 4 rings (SSSR count). The minimum atomic E-state index is -0.206. The van der Waals surface area contributed by atoms with Crippen molar-refractivity contribution < 1.29 is 14.3 Å². The van der Waals surface area contributed by atoms with Crippen LogP contribution < -0.4 is 15.0 Å². The number of hydrogen-bond acceptors (Lipinski definition) is 3. The SMILES string of the molecule is Cc1ccc(OCCNC(=O)CN2C(=O)c3cccc4cccc2c34)c(C)c1. The minimum Gasteiger partial charge on any atom is -0.491 e. The second-order valence-corrected chi connectivity index (χ2v) is 7.04. The molecule has 2 amide bonds. The van der Waals surface area contributed by atoms with E-state index in [1.54, 1.807) is 0 Å². The number of benzene rings is 3. The molecule has 1 N–H and O–H groups in total. The van der Waals surface area contributed by atoms with Gasteiger partial charge in [0.2, 0.25) is 5.91 Å². The van der Waals surface area contributed by atoms with Crippen molar-refractivity contribution in [3.8, 4) is 5.75 Å². The molecule has 5 heteroatoms. The Balaban J connectivity index is 1.35. The lowest BCUT2D eigenvalue weighted by Gasteiger charge is -2.17. The average molecular weight is 374 g/mol. The van der Waals surface area contributed by atoms with Gasteiger partial charge in [-0.3, -0.25) is 14.5 Å².